The third kappa shape index (κ3) is 2.36. The van der Waals surface area contributed by atoms with Crippen LogP contribution in [-0.2, 0) is 9.59 Å². The predicted molar refractivity (Wildman–Crippen MR) is 87.2 cm³/mol. The minimum absolute atomic E-state index is 0.0499. The number of benzene rings is 1. The molecule has 0 radical (unpaired) electrons. The highest BCUT2D eigenvalue weighted by Crippen LogP contribution is 2.42. The molecule has 3 unspecified atom stereocenters. The van der Waals surface area contributed by atoms with Crippen LogP contribution in [0, 0.1) is 19.8 Å². The number of hydrogen-bond donors (Lipinski definition) is 1. The van der Waals surface area contributed by atoms with Crippen molar-refractivity contribution in [3.63, 3.8) is 0 Å². The number of Topliss-reactive ketones (excluding diaryl/α,β-unsaturated/α-hetero) is 1. The van der Waals surface area contributed by atoms with Crippen molar-refractivity contribution in [3.8, 4) is 0 Å². The number of aryl methyl sites for hydroxylation is 2. The van der Waals surface area contributed by atoms with Crippen molar-refractivity contribution in [1.29, 1.82) is 0 Å². The number of nitrogens with one attached hydrogen (secondary N) is 1. The summed E-state index contributed by atoms with van der Waals surface area (Å²) in [6.07, 6.45) is 3.66. The smallest absolute Gasteiger partial charge is 0.235 e. The Labute approximate surface area is 136 Å². The van der Waals surface area contributed by atoms with Gasteiger partial charge in [0.25, 0.3) is 0 Å². The molecule has 2 fully saturated rings. The van der Waals surface area contributed by atoms with E-state index in [2.05, 4.69) is 12.2 Å². The Kier molecular flexibility index (Phi) is 3.80. The molecule has 1 saturated heterocycles. The van der Waals surface area contributed by atoms with Crippen molar-refractivity contribution in [2.45, 2.75) is 57.9 Å². The topological polar surface area (TPSA) is 46.2 Å². The molecule has 1 aromatic carbocycles. The van der Waals surface area contributed by atoms with Gasteiger partial charge < -0.3 is 5.32 Å². The van der Waals surface area contributed by atoms with Crippen LogP contribution in [0.3, 0.4) is 0 Å². The van der Waals surface area contributed by atoms with E-state index in [1.165, 1.54) is 0 Å². The molecular weight excluding hydrogens is 298 g/mol. The molecule has 22 heavy (non-hydrogen) atoms. The summed E-state index contributed by atoms with van der Waals surface area (Å²) in [6, 6.07) is 3.74. The molecule has 118 valence electrons. The number of rotatable bonds is 1. The van der Waals surface area contributed by atoms with Gasteiger partial charge in [0.2, 0.25) is 5.91 Å². The third-order valence-corrected chi connectivity index (χ3v) is 5.62. The van der Waals surface area contributed by atoms with Crippen molar-refractivity contribution in [2.75, 3.05) is 0 Å². The summed E-state index contributed by atoms with van der Waals surface area (Å²) < 4.78 is 0. The average molecular weight is 320 g/mol. The fourth-order valence-electron chi connectivity index (χ4n) is 4.05. The zero-order valence-corrected chi connectivity index (χ0v) is 14.1. The van der Waals surface area contributed by atoms with Crippen LogP contribution in [0.4, 0.5) is 0 Å². The SMILES string of the molecule is Cc1cc(C2C(=O)NC3(CCCC(C)C3)C2=O)c(C)cc1Cl. The molecule has 1 amide bonds. The lowest BCUT2D eigenvalue weighted by Crippen LogP contribution is -2.49. The first-order valence-electron chi connectivity index (χ1n) is 7.97. The largest absolute Gasteiger partial charge is 0.343 e. The van der Waals surface area contributed by atoms with Crippen LogP contribution < -0.4 is 5.32 Å². The summed E-state index contributed by atoms with van der Waals surface area (Å²) in [5.41, 5.74) is 1.98. The molecule has 1 aliphatic heterocycles. The van der Waals surface area contributed by atoms with E-state index in [1.54, 1.807) is 0 Å². The average Bonchev–Trinajstić information content (AvgIpc) is 2.65. The number of ketones is 1. The van der Waals surface area contributed by atoms with Crippen LogP contribution in [0.1, 0.15) is 55.2 Å². The molecule has 4 heteroatoms. The summed E-state index contributed by atoms with van der Waals surface area (Å²) in [5.74, 6) is -0.302. The van der Waals surface area contributed by atoms with E-state index in [0.29, 0.717) is 10.9 Å². The van der Waals surface area contributed by atoms with E-state index in [0.717, 1.165) is 42.4 Å². The highest BCUT2D eigenvalue weighted by atomic mass is 35.5. The first-order chi connectivity index (χ1) is 10.3. The van der Waals surface area contributed by atoms with Crippen molar-refractivity contribution < 1.29 is 9.59 Å². The summed E-state index contributed by atoms with van der Waals surface area (Å²) >= 11 is 6.14. The second-order valence-electron chi connectivity index (χ2n) is 7.03. The zero-order valence-electron chi connectivity index (χ0n) is 13.3. The maximum atomic E-state index is 13.1. The van der Waals surface area contributed by atoms with Gasteiger partial charge >= 0.3 is 0 Å². The lowest BCUT2D eigenvalue weighted by molar-refractivity contribution is -0.126. The Morgan fingerprint density at radius 2 is 1.95 bits per heavy atom. The maximum Gasteiger partial charge on any atom is 0.235 e. The molecule has 2 aliphatic rings. The Bertz CT molecular complexity index is 655. The molecule has 1 heterocycles. The van der Waals surface area contributed by atoms with Crippen molar-refractivity contribution >= 4 is 23.3 Å². The first kappa shape index (κ1) is 15.5. The molecule has 3 rings (SSSR count). The van der Waals surface area contributed by atoms with Gasteiger partial charge in [0.15, 0.2) is 5.78 Å². The van der Waals surface area contributed by atoms with Gasteiger partial charge in [-0.05, 0) is 55.4 Å². The summed E-state index contributed by atoms with van der Waals surface area (Å²) in [7, 11) is 0. The monoisotopic (exact) mass is 319 g/mol. The number of amides is 1. The summed E-state index contributed by atoms with van der Waals surface area (Å²) in [5, 5.41) is 3.71. The van der Waals surface area contributed by atoms with E-state index in [1.807, 2.05) is 26.0 Å². The fraction of sp³-hybridized carbons (Fsp3) is 0.556. The van der Waals surface area contributed by atoms with Crippen LogP contribution in [0.15, 0.2) is 12.1 Å². The van der Waals surface area contributed by atoms with Crippen LogP contribution in [0.2, 0.25) is 5.02 Å². The standard InChI is InChI=1S/C18H22ClNO2/c1-10-5-4-6-18(9-10)16(21)15(17(22)20-18)13-7-12(3)14(19)8-11(13)2/h7-8,10,15H,4-6,9H2,1-3H3,(H,20,22). The molecule has 1 saturated carbocycles. The lowest BCUT2D eigenvalue weighted by Gasteiger charge is -2.35. The van der Waals surface area contributed by atoms with Gasteiger partial charge in [-0.3, -0.25) is 9.59 Å². The summed E-state index contributed by atoms with van der Waals surface area (Å²) in [4.78, 5) is 25.6. The van der Waals surface area contributed by atoms with Gasteiger partial charge in [-0.15, -0.1) is 0 Å². The number of hydrogen-bond acceptors (Lipinski definition) is 2. The molecule has 1 spiro atoms. The maximum absolute atomic E-state index is 13.1. The highest BCUT2D eigenvalue weighted by molar-refractivity contribution is 6.31. The predicted octanol–water partition coefficient (Wildman–Crippen LogP) is 3.69. The minimum Gasteiger partial charge on any atom is -0.343 e. The normalized spacial score (nSPS) is 31.6. The van der Waals surface area contributed by atoms with E-state index < -0.39 is 11.5 Å². The molecule has 1 aliphatic carbocycles. The lowest BCUT2D eigenvalue weighted by atomic mass is 9.72. The highest BCUT2D eigenvalue weighted by Gasteiger charge is 2.54. The fourth-order valence-corrected chi connectivity index (χ4v) is 4.27. The van der Waals surface area contributed by atoms with Crippen LogP contribution in [-0.4, -0.2) is 17.2 Å². The van der Waals surface area contributed by atoms with Gasteiger partial charge in [0.05, 0.1) is 5.54 Å². The second-order valence-corrected chi connectivity index (χ2v) is 7.44. The van der Waals surface area contributed by atoms with Crippen molar-refractivity contribution in [3.05, 3.63) is 33.8 Å². The molecule has 3 nitrogen and oxygen atoms in total. The molecule has 0 aromatic heterocycles. The summed E-state index contributed by atoms with van der Waals surface area (Å²) in [6.45, 7) is 5.97. The molecule has 0 bridgehead atoms. The van der Waals surface area contributed by atoms with Gasteiger partial charge in [-0.1, -0.05) is 37.4 Å². The van der Waals surface area contributed by atoms with E-state index in [4.69, 9.17) is 11.6 Å². The second kappa shape index (κ2) is 5.38. The van der Waals surface area contributed by atoms with E-state index in [-0.39, 0.29) is 11.7 Å². The van der Waals surface area contributed by atoms with Crippen LogP contribution in [0.25, 0.3) is 0 Å². The Morgan fingerprint density at radius 3 is 2.64 bits per heavy atom. The quantitative estimate of drug-likeness (QED) is 0.802. The third-order valence-electron chi connectivity index (χ3n) is 5.21. The molecular formula is C18H22ClNO2. The van der Waals surface area contributed by atoms with Gasteiger partial charge in [-0.25, -0.2) is 0 Å². The number of carbonyl (C=O) groups is 2. The van der Waals surface area contributed by atoms with Crippen LogP contribution >= 0.6 is 11.6 Å². The zero-order chi connectivity index (χ0) is 16.1. The number of halogens is 1. The Morgan fingerprint density at radius 1 is 1.23 bits per heavy atom. The van der Waals surface area contributed by atoms with Gasteiger partial charge in [0.1, 0.15) is 5.92 Å². The minimum atomic E-state index is -0.679. The first-order valence-corrected chi connectivity index (χ1v) is 8.35. The number of carbonyl (C=O) groups excluding carboxylic acids is 2. The van der Waals surface area contributed by atoms with E-state index in [9.17, 15) is 9.59 Å². The molecule has 3 atom stereocenters. The molecule has 1 aromatic rings. The molecule has 1 N–H and O–H groups in total. The van der Waals surface area contributed by atoms with Gasteiger partial charge in [-0.2, -0.15) is 0 Å². The van der Waals surface area contributed by atoms with Gasteiger partial charge in [0, 0.05) is 5.02 Å². The Hall–Kier alpha value is -1.35. The van der Waals surface area contributed by atoms with Crippen molar-refractivity contribution in [2.24, 2.45) is 5.92 Å². The Balaban J connectivity index is 2.01. The van der Waals surface area contributed by atoms with E-state index >= 15 is 0 Å². The van der Waals surface area contributed by atoms with Crippen molar-refractivity contribution in [1.82, 2.24) is 5.32 Å². The van der Waals surface area contributed by atoms with Crippen LogP contribution in [0.5, 0.6) is 0 Å².